The van der Waals surface area contributed by atoms with Crippen LogP contribution >= 0.6 is 0 Å². The summed E-state index contributed by atoms with van der Waals surface area (Å²) in [4.78, 5) is 14.4. The van der Waals surface area contributed by atoms with Crippen LogP contribution in [0.4, 0.5) is 5.69 Å². The van der Waals surface area contributed by atoms with Crippen LogP contribution in [0.2, 0.25) is 0 Å². The van der Waals surface area contributed by atoms with E-state index in [0.717, 1.165) is 5.39 Å². The number of H-pyrrole nitrogens is 1. The van der Waals surface area contributed by atoms with Crippen molar-refractivity contribution in [1.82, 2.24) is 4.98 Å². The zero-order chi connectivity index (χ0) is 18.1. The molecular formula is C17H20N2O6. The lowest BCUT2D eigenvalue weighted by molar-refractivity contribution is -0.245. The van der Waals surface area contributed by atoms with Gasteiger partial charge in [-0.2, -0.15) is 0 Å². The monoisotopic (exact) mass is 348 g/mol. The Morgan fingerprint density at radius 1 is 1.24 bits per heavy atom. The Labute approximate surface area is 143 Å². The molecule has 0 saturated carbocycles. The number of hydrogen-bond acceptors (Lipinski definition) is 7. The fraction of sp³-hybridized carbons (Fsp3) is 0.353. The number of fused-ring (bicyclic) bond motifs is 1. The lowest BCUT2D eigenvalue weighted by Gasteiger charge is -2.40. The first-order valence-electron chi connectivity index (χ1n) is 7.81. The summed E-state index contributed by atoms with van der Waals surface area (Å²) in [6, 6.07) is 5.55. The van der Waals surface area contributed by atoms with E-state index in [1.54, 1.807) is 24.3 Å². The molecule has 0 aliphatic carbocycles. The Morgan fingerprint density at radius 3 is 2.68 bits per heavy atom. The maximum absolute atomic E-state index is 11.7. The van der Waals surface area contributed by atoms with Crippen molar-refractivity contribution in [2.75, 3.05) is 11.9 Å². The van der Waals surface area contributed by atoms with E-state index in [1.165, 1.54) is 6.07 Å². The average molecular weight is 348 g/mol. The Balaban J connectivity index is 1.90. The van der Waals surface area contributed by atoms with Crippen LogP contribution in [-0.4, -0.2) is 62.7 Å². The molecule has 8 nitrogen and oxygen atoms in total. The Bertz CT molecular complexity index is 835. The van der Waals surface area contributed by atoms with Crippen LogP contribution in [0.5, 0.6) is 0 Å². The van der Waals surface area contributed by atoms with Gasteiger partial charge in [0.05, 0.1) is 12.1 Å². The molecule has 1 aromatic carbocycles. The summed E-state index contributed by atoms with van der Waals surface area (Å²) < 4.78 is 5.11. The second-order valence-electron chi connectivity index (χ2n) is 5.95. The second-order valence-corrected chi connectivity index (χ2v) is 5.95. The van der Waals surface area contributed by atoms with E-state index in [4.69, 9.17) is 9.84 Å². The Hall–Kier alpha value is -2.23. The van der Waals surface area contributed by atoms with Gasteiger partial charge in [0.2, 0.25) is 5.56 Å². The van der Waals surface area contributed by atoms with E-state index in [0.29, 0.717) is 16.8 Å². The van der Waals surface area contributed by atoms with E-state index in [2.05, 4.69) is 16.9 Å². The molecule has 1 fully saturated rings. The number of nitrogens with one attached hydrogen (secondary N) is 2. The van der Waals surface area contributed by atoms with Crippen molar-refractivity contribution < 1.29 is 25.2 Å². The average Bonchev–Trinajstić information content (AvgIpc) is 2.60. The van der Waals surface area contributed by atoms with Gasteiger partial charge in [-0.25, -0.2) is 0 Å². The first-order chi connectivity index (χ1) is 11.9. The Morgan fingerprint density at radius 2 is 2.00 bits per heavy atom. The lowest BCUT2D eigenvalue weighted by atomic mass is 9.96. The zero-order valence-electron chi connectivity index (χ0n) is 13.3. The van der Waals surface area contributed by atoms with Crippen LogP contribution in [0, 0.1) is 0 Å². The summed E-state index contributed by atoms with van der Waals surface area (Å²) in [5.41, 5.74) is 1.47. The summed E-state index contributed by atoms with van der Waals surface area (Å²) in [6.07, 6.45) is -3.61. The van der Waals surface area contributed by atoms with Gasteiger partial charge in [-0.3, -0.25) is 4.79 Å². The van der Waals surface area contributed by atoms with Gasteiger partial charge in [0.15, 0.2) is 6.29 Å². The van der Waals surface area contributed by atoms with E-state index >= 15 is 0 Å². The molecule has 1 aromatic heterocycles. The fourth-order valence-electron chi connectivity index (χ4n) is 2.99. The first-order valence-corrected chi connectivity index (χ1v) is 7.81. The summed E-state index contributed by atoms with van der Waals surface area (Å²) >= 11 is 0. The standard InChI is InChI=1S/C17H20N2O6/c1-2-8-5-13(21)19-11-6-9(3-4-10(8)11)18-14-16(23)15(22)12(7-20)25-17(14)24/h2-6,12,14-18,20,22-24H,1,7H2,(H,19,21)/t12?,14?,15-,16-,17?/m0/s1. The highest BCUT2D eigenvalue weighted by Gasteiger charge is 2.43. The highest BCUT2D eigenvalue weighted by atomic mass is 16.6. The molecule has 25 heavy (non-hydrogen) atoms. The number of aromatic amines is 1. The van der Waals surface area contributed by atoms with Gasteiger partial charge in [-0.05, 0) is 17.7 Å². The van der Waals surface area contributed by atoms with Gasteiger partial charge < -0.3 is 35.5 Å². The SMILES string of the molecule is C=Cc1cc(=O)[nH]c2cc(NC3C(O)OC(CO)[C@H](O)[C@H]3O)ccc12. The molecule has 3 unspecified atom stereocenters. The summed E-state index contributed by atoms with van der Waals surface area (Å²) in [6.45, 7) is 3.16. The molecule has 1 aliphatic rings. The molecule has 3 rings (SSSR count). The highest BCUT2D eigenvalue weighted by molar-refractivity contribution is 5.89. The molecule has 1 saturated heterocycles. The topological polar surface area (TPSA) is 135 Å². The third kappa shape index (κ3) is 3.30. The molecule has 0 bridgehead atoms. The van der Waals surface area contributed by atoms with Crippen molar-refractivity contribution in [1.29, 1.82) is 0 Å². The molecule has 2 heterocycles. The summed E-state index contributed by atoms with van der Waals surface area (Å²) in [7, 11) is 0. The van der Waals surface area contributed by atoms with Crippen LogP contribution in [0.25, 0.3) is 17.0 Å². The number of aromatic nitrogens is 1. The van der Waals surface area contributed by atoms with Crippen LogP contribution < -0.4 is 10.9 Å². The first kappa shape index (κ1) is 17.6. The van der Waals surface area contributed by atoms with Crippen molar-refractivity contribution in [2.45, 2.75) is 30.6 Å². The zero-order valence-corrected chi connectivity index (χ0v) is 13.3. The van der Waals surface area contributed by atoms with Gasteiger partial charge in [0.25, 0.3) is 0 Å². The smallest absolute Gasteiger partial charge is 0.249 e. The van der Waals surface area contributed by atoms with Gasteiger partial charge >= 0.3 is 0 Å². The van der Waals surface area contributed by atoms with Crippen molar-refractivity contribution in [3.63, 3.8) is 0 Å². The van der Waals surface area contributed by atoms with Crippen molar-refractivity contribution in [3.05, 3.63) is 46.8 Å². The number of aliphatic hydroxyl groups excluding tert-OH is 4. The minimum Gasteiger partial charge on any atom is -0.394 e. The van der Waals surface area contributed by atoms with Crippen LogP contribution in [0.3, 0.4) is 0 Å². The van der Waals surface area contributed by atoms with Crippen LogP contribution in [0.15, 0.2) is 35.6 Å². The summed E-state index contributed by atoms with van der Waals surface area (Å²) in [5, 5.41) is 42.9. The molecule has 8 heteroatoms. The van der Waals surface area contributed by atoms with Crippen LogP contribution in [0.1, 0.15) is 5.56 Å². The number of rotatable bonds is 4. The number of benzene rings is 1. The molecule has 1 aliphatic heterocycles. The number of anilines is 1. The molecule has 134 valence electrons. The van der Waals surface area contributed by atoms with E-state index in [1.807, 2.05) is 0 Å². The Kier molecular flexibility index (Phi) is 4.89. The van der Waals surface area contributed by atoms with Crippen molar-refractivity contribution in [2.24, 2.45) is 0 Å². The summed E-state index contributed by atoms with van der Waals surface area (Å²) in [5.74, 6) is 0. The van der Waals surface area contributed by atoms with Gasteiger partial charge in [-0.15, -0.1) is 0 Å². The number of pyridine rings is 1. The minimum absolute atomic E-state index is 0.276. The van der Waals surface area contributed by atoms with Gasteiger partial charge in [0, 0.05) is 17.1 Å². The third-order valence-electron chi connectivity index (χ3n) is 4.33. The molecule has 6 N–H and O–H groups in total. The number of hydrogen-bond donors (Lipinski definition) is 6. The number of ether oxygens (including phenoxy) is 1. The normalized spacial score (nSPS) is 29.5. The van der Waals surface area contributed by atoms with Gasteiger partial charge in [-0.1, -0.05) is 18.7 Å². The highest BCUT2D eigenvalue weighted by Crippen LogP contribution is 2.25. The maximum atomic E-state index is 11.7. The molecule has 0 radical (unpaired) electrons. The lowest BCUT2D eigenvalue weighted by Crippen LogP contribution is -2.61. The molecule has 5 atom stereocenters. The third-order valence-corrected chi connectivity index (χ3v) is 4.33. The van der Waals surface area contributed by atoms with Crippen molar-refractivity contribution >= 4 is 22.7 Å². The second kappa shape index (κ2) is 6.95. The molecule has 2 aromatic rings. The van der Waals surface area contributed by atoms with Crippen molar-refractivity contribution in [3.8, 4) is 0 Å². The quantitative estimate of drug-likeness (QED) is 0.434. The van der Waals surface area contributed by atoms with E-state index < -0.39 is 37.3 Å². The molecular weight excluding hydrogens is 328 g/mol. The van der Waals surface area contributed by atoms with Gasteiger partial charge in [0.1, 0.15) is 24.4 Å². The van der Waals surface area contributed by atoms with E-state index in [9.17, 15) is 20.1 Å². The minimum atomic E-state index is -1.43. The largest absolute Gasteiger partial charge is 0.394 e. The predicted molar refractivity (Wildman–Crippen MR) is 92.0 cm³/mol. The van der Waals surface area contributed by atoms with E-state index in [-0.39, 0.29) is 5.56 Å². The van der Waals surface area contributed by atoms with Crippen LogP contribution in [-0.2, 0) is 4.74 Å². The fourth-order valence-corrected chi connectivity index (χ4v) is 2.99. The predicted octanol–water partition coefficient (Wildman–Crippen LogP) is -0.617. The maximum Gasteiger partial charge on any atom is 0.249 e. The molecule has 0 spiro atoms. The molecule has 0 amide bonds. The number of aliphatic hydroxyl groups is 4.